The van der Waals surface area contributed by atoms with E-state index in [9.17, 15) is 9.59 Å². The third-order valence-corrected chi connectivity index (χ3v) is 2.28. The molecule has 68 valence electrons. The van der Waals surface area contributed by atoms with Crippen LogP contribution < -0.4 is 5.32 Å². The Balaban J connectivity index is 2.34. The fraction of sp³-hybridized carbons (Fsp3) is 0.778. The molecule has 0 aliphatic heterocycles. The second-order valence-corrected chi connectivity index (χ2v) is 3.38. The Kier molecular flexibility index (Phi) is 3.26. The van der Waals surface area contributed by atoms with Crippen LogP contribution in [-0.4, -0.2) is 11.8 Å². The fourth-order valence-corrected chi connectivity index (χ4v) is 1.64. The minimum Gasteiger partial charge on any atom is -0.296 e. The molecular formula is C9H15NO2. The molecule has 0 heterocycles. The Morgan fingerprint density at radius 3 is 2.25 bits per heavy atom. The van der Waals surface area contributed by atoms with Crippen molar-refractivity contribution in [2.24, 2.45) is 5.92 Å². The number of rotatable bonds is 1. The highest BCUT2D eigenvalue weighted by Gasteiger charge is 2.21. The van der Waals surface area contributed by atoms with Gasteiger partial charge in [0.05, 0.1) is 0 Å². The molecule has 0 spiro atoms. The Labute approximate surface area is 72.5 Å². The van der Waals surface area contributed by atoms with Gasteiger partial charge >= 0.3 is 0 Å². The first kappa shape index (κ1) is 9.23. The number of nitrogens with one attached hydrogen (secondary N) is 1. The predicted molar refractivity (Wildman–Crippen MR) is 45.4 cm³/mol. The van der Waals surface area contributed by atoms with E-state index in [1.807, 2.05) is 0 Å². The second kappa shape index (κ2) is 4.24. The van der Waals surface area contributed by atoms with Gasteiger partial charge < -0.3 is 0 Å². The van der Waals surface area contributed by atoms with Crippen LogP contribution in [0.5, 0.6) is 0 Å². The van der Waals surface area contributed by atoms with E-state index in [4.69, 9.17) is 0 Å². The van der Waals surface area contributed by atoms with Crippen molar-refractivity contribution in [2.45, 2.75) is 39.0 Å². The third kappa shape index (κ3) is 2.64. The summed E-state index contributed by atoms with van der Waals surface area (Å²) in [6.45, 7) is 1.38. The van der Waals surface area contributed by atoms with Crippen molar-refractivity contribution >= 4 is 11.8 Å². The molecule has 0 bridgehead atoms. The van der Waals surface area contributed by atoms with Gasteiger partial charge in [-0.1, -0.05) is 19.3 Å². The van der Waals surface area contributed by atoms with Crippen LogP contribution in [0.15, 0.2) is 0 Å². The first-order valence-corrected chi connectivity index (χ1v) is 4.51. The summed E-state index contributed by atoms with van der Waals surface area (Å²) in [5.41, 5.74) is 0. The van der Waals surface area contributed by atoms with E-state index in [1.165, 1.54) is 13.3 Å². The van der Waals surface area contributed by atoms with Gasteiger partial charge in [-0.2, -0.15) is 0 Å². The highest BCUT2D eigenvalue weighted by atomic mass is 16.2. The summed E-state index contributed by atoms with van der Waals surface area (Å²) in [6.07, 6.45) is 5.36. The van der Waals surface area contributed by atoms with Gasteiger partial charge in [-0.15, -0.1) is 0 Å². The largest absolute Gasteiger partial charge is 0.296 e. The van der Waals surface area contributed by atoms with Crippen LogP contribution in [0.4, 0.5) is 0 Å². The monoisotopic (exact) mass is 169 g/mol. The molecular weight excluding hydrogens is 154 g/mol. The van der Waals surface area contributed by atoms with Crippen molar-refractivity contribution in [3.63, 3.8) is 0 Å². The van der Waals surface area contributed by atoms with Gasteiger partial charge in [0.25, 0.3) is 0 Å². The maximum Gasteiger partial charge on any atom is 0.229 e. The summed E-state index contributed by atoms with van der Waals surface area (Å²) in [7, 11) is 0. The van der Waals surface area contributed by atoms with Gasteiger partial charge in [-0.3, -0.25) is 14.9 Å². The van der Waals surface area contributed by atoms with Gasteiger partial charge in [-0.05, 0) is 12.8 Å². The summed E-state index contributed by atoms with van der Waals surface area (Å²) in [5, 5.41) is 2.33. The number of imide groups is 1. The lowest BCUT2D eigenvalue weighted by Gasteiger charge is -2.19. The molecule has 1 aliphatic rings. The van der Waals surface area contributed by atoms with Crippen LogP contribution in [0.3, 0.4) is 0 Å². The standard InChI is InChI=1S/C9H15NO2/c1-7(11)10-9(12)8-5-3-2-4-6-8/h8H,2-6H2,1H3,(H,10,11,12). The van der Waals surface area contributed by atoms with E-state index in [-0.39, 0.29) is 17.7 Å². The summed E-state index contributed by atoms with van der Waals surface area (Å²) in [5.74, 6) is -0.240. The molecule has 1 rings (SSSR count). The van der Waals surface area contributed by atoms with Gasteiger partial charge in [0, 0.05) is 12.8 Å². The van der Waals surface area contributed by atoms with Crippen LogP contribution in [0.2, 0.25) is 0 Å². The molecule has 0 atom stereocenters. The third-order valence-electron chi connectivity index (χ3n) is 2.28. The van der Waals surface area contributed by atoms with E-state index in [2.05, 4.69) is 5.32 Å². The molecule has 12 heavy (non-hydrogen) atoms. The smallest absolute Gasteiger partial charge is 0.229 e. The highest BCUT2D eigenvalue weighted by Crippen LogP contribution is 2.23. The summed E-state index contributed by atoms with van der Waals surface area (Å²) >= 11 is 0. The van der Waals surface area contributed by atoms with Gasteiger partial charge in [0.2, 0.25) is 11.8 Å². The van der Waals surface area contributed by atoms with E-state index < -0.39 is 0 Å². The molecule has 0 unspecified atom stereocenters. The molecule has 1 fully saturated rings. The number of hydrogen-bond donors (Lipinski definition) is 1. The second-order valence-electron chi connectivity index (χ2n) is 3.38. The van der Waals surface area contributed by atoms with E-state index in [0.29, 0.717) is 0 Å². The van der Waals surface area contributed by atoms with Gasteiger partial charge in [-0.25, -0.2) is 0 Å². The predicted octanol–water partition coefficient (Wildman–Crippen LogP) is 1.23. The average Bonchev–Trinajstić information content (AvgIpc) is 2.05. The molecule has 0 radical (unpaired) electrons. The van der Waals surface area contributed by atoms with Crippen molar-refractivity contribution in [2.75, 3.05) is 0 Å². The van der Waals surface area contributed by atoms with Crippen LogP contribution in [0.25, 0.3) is 0 Å². The molecule has 0 saturated heterocycles. The zero-order chi connectivity index (χ0) is 8.97. The molecule has 0 aromatic carbocycles. The fourth-order valence-electron chi connectivity index (χ4n) is 1.64. The maximum absolute atomic E-state index is 11.3. The highest BCUT2D eigenvalue weighted by molar-refractivity contribution is 5.95. The zero-order valence-electron chi connectivity index (χ0n) is 7.43. The van der Waals surface area contributed by atoms with Crippen molar-refractivity contribution < 1.29 is 9.59 Å². The Hall–Kier alpha value is -0.860. The van der Waals surface area contributed by atoms with Crippen molar-refractivity contribution in [1.29, 1.82) is 0 Å². The van der Waals surface area contributed by atoms with Crippen molar-refractivity contribution in [1.82, 2.24) is 5.32 Å². The first-order valence-electron chi connectivity index (χ1n) is 4.51. The Morgan fingerprint density at radius 1 is 1.17 bits per heavy atom. The summed E-state index contributed by atoms with van der Waals surface area (Å²) in [6, 6.07) is 0. The van der Waals surface area contributed by atoms with E-state index in [1.54, 1.807) is 0 Å². The molecule has 1 saturated carbocycles. The molecule has 0 aromatic rings. The van der Waals surface area contributed by atoms with Crippen LogP contribution in [0, 0.1) is 5.92 Å². The van der Waals surface area contributed by atoms with Crippen molar-refractivity contribution in [3.8, 4) is 0 Å². The van der Waals surface area contributed by atoms with Gasteiger partial charge in [0.1, 0.15) is 0 Å². The molecule has 3 nitrogen and oxygen atoms in total. The minimum absolute atomic E-state index is 0.0813. The first-order chi connectivity index (χ1) is 5.70. The van der Waals surface area contributed by atoms with E-state index >= 15 is 0 Å². The topological polar surface area (TPSA) is 46.2 Å². The maximum atomic E-state index is 11.3. The number of carbonyl (C=O) groups is 2. The lowest BCUT2D eigenvalue weighted by Crippen LogP contribution is -2.34. The Morgan fingerprint density at radius 2 is 1.75 bits per heavy atom. The molecule has 2 amide bonds. The summed E-state index contributed by atoms with van der Waals surface area (Å²) in [4.78, 5) is 21.8. The SMILES string of the molecule is CC(=O)NC(=O)C1CCCCC1. The zero-order valence-corrected chi connectivity index (χ0v) is 7.43. The lowest BCUT2D eigenvalue weighted by molar-refractivity contribution is -0.132. The molecule has 1 aliphatic carbocycles. The molecule has 3 heteroatoms. The Bertz CT molecular complexity index is 183. The normalized spacial score (nSPS) is 18.8. The average molecular weight is 169 g/mol. The number of amides is 2. The quantitative estimate of drug-likeness (QED) is 0.641. The van der Waals surface area contributed by atoms with Crippen LogP contribution in [-0.2, 0) is 9.59 Å². The molecule has 1 N–H and O–H groups in total. The number of carbonyl (C=O) groups excluding carboxylic acids is 2. The summed E-state index contributed by atoms with van der Waals surface area (Å²) < 4.78 is 0. The van der Waals surface area contributed by atoms with E-state index in [0.717, 1.165) is 25.7 Å². The minimum atomic E-state index is -0.245. The van der Waals surface area contributed by atoms with Gasteiger partial charge in [0.15, 0.2) is 0 Å². The lowest BCUT2D eigenvalue weighted by atomic mass is 9.89. The van der Waals surface area contributed by atoms with Crippen LogP contribution in [0.1, 0.15) is 39.0 Å². The number of hydrogen-bond acceptors (Lipinski definition) is 2. The van der Waals surface area contributed by atoms with Crippen LogP contribution >= 0.6 is 0 Å². The van der Waals surface area contributed by atoms with Crippen molar-refractivity contribution in [3.05, 3.63) is 0 Å². The molecule has 0 aromatic heterocycles.